The van der Waals surface area contributed by atoms with Gasteiger partial charge in [-0.2, -0.15) is 0 Å². The molecule has 2 aromatic carbocycles. The van der Waals surface area contributed by atoms with Crippen molar-refractivity contribution in [1.82, 2.24) is 10.6 Å². The van der Waals surface area contributed by atoms with Crippen molar-refractivity contribution in [3.8, 4) is 0 Å². The summed E-state index contributed by atoms with van der Waals surface area (Å²) in [6.07, 6.45) is 1.54. The molecule has 0 atom stereocenters. The molecular formula is C18H17N3O3. The predicted molar refractivity (Wildman–Crippen MR) is 91.5 cm³/mol. The number of benzene rings is 2. The summed E-state index contributed by atoms with van der Waals surface area (Å²) in [5.41, 5.74) is 0.669. The van der Waals surface area contributed by atoms with Crippen LogP contribution in [0.4, 0.5) is 10.5 Å². The van der Waals surface area contributed by atoms with Gasteiger partial charge in [-0.05, 0) is 35.0 Å². The third-order valence-corrected chi connectivity index (χ3v) is 3.46. The van der Waals surface area contributed by atoms with Gasteiger partial charge in [0.15, 0.2) is 0 Å². The first kappa shape index (κ1) is 15.6. The zero-order chi connectivity index (χ0) is 16.8. The molecule has 24 heavy (non-hydrogen) atoms. The van der Waals surface area contributed by atoms with Crippen LogP contribution in [0.3, 0.4) is 0 Å². The molecule has 0 saturated carbocycles. The van der Waals surface area contributed by atoms with E-state index in [1.807, 2.05) is 42.5 Å². The Hall–Kier alpha value is -3.28. The van der Waals surface area contributed by atoms with Crippen molar-refractivity contribution in [2.24, 2.45) is 0 Å². The standard InChI is InChI=1S/C18H17N3O3/c22-17(19-11-16-6-3-9-24-16)12-20-18(23)21-15-8-7-13-4-1-2-5-14(13)10-15/h1-10H,11-12H2,(H,19,22)(H2,20,21,23). The lowest BCUT2D eigenvalue weighted by molar-refractivity contribution is -0.120. The summed E-state index contributed by atoms with van der Waals surface area (Å²) in [7, 11) is 0. The number of anilines is 1. The summed E-state index contributed by atoms with van der Waals surface area (Å²) in [6, 6.07) is 16.6. The molecular weight excluding hydrogens is 306 g/mol. The first-order chi connectivity index (χ1) is 11.7. The molecule has 0 spiro atoms. The van der Waals surface area contributed by atoms with Crippen LogP contribution in [0.2, 0.25) is 0 Å². The SMILES string of the molecule is O=C(CNC(=O)Nc1ccc2ccccc2c1)NCc1ccco1. The van der Waals surface area contributed by atoms with Crippen LogP contribution in [-0.2, 0) is 11.3 Å². The smallest absolute Gasteiger partial charge is 0.319 e. The van der Waals surface area contributed by atoms with E-state index in [0.29, 0.717) is 18.0 Å². The van der Waals surface area contributed by atoms with Crippen LogP contribution in [0.15, 0.2) is 65.3 Å². The summed E-state index contributed by atoms with van der Waals surface area (Å²) in [6.45, 7) is 0.180. The van der Waals surface area contributed by atoms with E-state index in [2.05, 4.69) is 16.0 Å². The maximum Gasteiger partial charge on any atom is 0.319 e. The van der Waals surface area contributed by atoms with E-state index in [-0.39, 0.29) is 12.5 Å². The van der Waals surface area contributed by atoms with Gasteiger partial charge >= 0.3 is 6.03 Å². The molecule has 0 aliphatic carbocycles. The topological polar surface area (TPSA) is 83.4 Å². The molecule has 0 bridgehead atoms. The zero-order valence-electron chi connectivity index (χ0n) is 12.9. The Bertz CT molecular complexity index is 844. The van der Waals surface area contributed by atoms with Crippen molar-refractivity contribution in [2.45, 2.75) is 6.54 Å². The van der Waals surface area contributed by atoms with Gasteiger partial charge in [0.2, 0.25) is 5.91 Å². The Morgan fingerprint density at radius 2 is 1.75 bits per heavy atom. The summed E-state index contributed by atoms with van der Waals surface area (Å²) >= 11 is 0. The average molecular weight is 323 g/mol. The number of nitrogens with one attached hydrogen (secondary N) is 3. The van der Waals surface area contributed by atoms with Crippen molar-refractivity contribution in [3.05, 3.63) is 66.6 Å². The lowest BCUT2D eigenvalue weighted by Crippen LogP contribution is -2.38. The number of amides is 3. The fourth-order valence-corrected chi connectivity index (χ4v) is 2.26. The number of rotatable bonds is 5. The van der Waals surface area contributed by atoms with Crippen molar-refractivity contribution >= 4 is 28.4 Å². The monoisotopic (exact) mass is 323 g/mol. The molecule has 6 nitrogen and oxygen atoms in total. The minimum absolute atomic E-state index is 0.111. The lowest BCUT2D eigenvalue weighted by atomic mass is 10.1. The van der Waals surface area contributed by atoms with E-state index in [1.54, 1.807) is 12.1 Å². The van der Waals surface area contributed by atoms with E-state index in [0.717, 1.165) is 10.8 Å². The lowest BCUT2D eigenvalue weighted by Gasteiger charge is -2.08. The van der Waals surface area contributed by atoms with Gasteiger partial charge in [-0.25, -0.2) is 4.79 Å². The molecule has 3 N–H and O–H groups in total. The molecule has 1 heterocycles. The van der Waals surface area contributed by atoms with E-state index in [4.69, 9.17) is 4.42 Å². The minimum Gasteiger partial charge on any atom is -0.467 e. The molecule has 0 fully saturated rings. The Balaban J connectivity index is 1.46. The highest BCUT2D eigenvalue weighted by Crippen LogP contribution is 2.18. The van der Waals surface area contributed by atoms with Crippen LogP contribution >= 0.6 is 0 Å². The van der Waals surface area contributed by atoms with Gasteiger partial charge in [0.05, 0.1) is 19.4 Å². The molecule has 3 aromatic rings. The number of fused-ring (bicyclic) bond motifs is 1. The number of urea groups is 1. The van der Waals surface area contributed by atoms with Crippen molar-refractivity contribution in [2.75, 3.05) is 11.9 Å². The van der Waals surface area contributed by atoms with Crippen molar-refractivity contribution < 1.29 is 14.0 Å². The molecule has 6 heteroatoms. The van der Waals surface area contributed by atoms with Crippen LogP contribution in [0.5, 0.6) is 0 Å². The largest absolute Gasteiger partial charge is 0.467 e. The molecule has 3 rings (SSSR count). The maximum atomic E-state index is 11.9. The van der Waals surface area contributed by atoms with Crippen LogP contribution in [0.1, 0.15) is 5.76 Å². The molecule has 0 unspecified atom stereocenters. The van der Waals surface area contributed by atoms with Gasteiger partial charge in [-0.1, -0.05) is 30.3 Å². The van der Waals surface area contributed by atoms with Crippen LogP contribution in [0.25, 0.3) is 10.8 Å². The molecule has 122 valence electrons. The first-order valence-electron chi connectivity index (χ1n) is 7.53. The second-order valence-corrected chi connectivity index (χ2v) is 5.23. The number of hydrogen-bond donors (Lipinski definition) is 3. The highest BCUT2D eigenvalue weighted by molar-refractivity contribution is 5.95. The molecule has 3 amide bonds. The van der Waals surface area contributed by atoms with Crippen LogP contribution in [-0.4, -0.2) is 18.5 Å². The Morgan fingerprint density at radius 3 is 2.54 bits per heavy atom. The Morgan fingerprint density at radius 1 is 0.917 bits per heavy atom. The summed E-state index contributed by atoms with van der Waals surface area (Å²) in [5, 5.41) is 10.0. The normalized spacial score (nSPS) is 10.3. The summed E-state index contributed by atoms with van der Waals surface area (Å²) in [4.78, 5) is 23.5. The van der Waals surface area contributed by atoms with Gasteiger partial charge in [0.1, 0.15) is 5.76 Å². The third-order valence-electron chi connectivity index (χ3n) is 3.46. The van der Waals surface area contributed by atoms with Gasteiger partial charge in [0.25, 0.3) is 0 Å². The minimum atomic E-state index is -0.432. The van der Waals surface area contributed by atoms with E-state index >= 15 is 0 Å². The fraction of sp³-hybridized carbons (Fsp3) is 0.111. The van der Waals surface area contributed by atoms with E-state index in [9.17, 15) is 9.59 Å². The Labute approximate surface area is 138 Å². The van der Waals surface area contributed by atoms with E-state index in [1.165, 1.54) is 6.26 Å². The average Bonchev–Trinajstić information content (AvgIpc) is 3.11. The molecule has 0 saturated heterocycles. The predicted octanol–water partition coefficient (Wildman–Crippen LogP) is 2.87. The van der Waals surface area contributed by atoms with Gasteiger partial charge in [-0.3, -0.25) is 4.79 Å². The fourth-order valence-electron chi connectivity index (χ4n) is 2.26. The molecule has 0 aliphatic rings. The second-order valence-electron chi connectivity index (χ2n) is 5.23. The van der Waals surface area contributed by atoms with Crippen molar-refractivity contribution in [1.29, 1.82) is 0 Å². The molecule has 0 radical (unpaired) electrons. The summed E-state index contributed by atoms with van der Waals surface area (Å²) in [5.74, 6) is 0.365. The molecule has 1 aromatic heterocycles. The van der Waals surface area contributed by atoms with Gasteiger partial charge in [0, 0.05) is 5.69 Å². The van der Waals surface area contributed by atoms with Gasteiger partial charge < -0.3 is 20.4 Å². The zero-order valence-corrected chi connectivity index (χ0v) is 12.9. The number of furan rings is 1. The highest BCUT2D eigenvalue weighted by atomic mass is 16.3. The highest BCUT2D eigenvalue weighted by Gasteiger charge is 2.06. The number of carbonyl (C=O) groups excluding carboxylic acids is 2. The first-order valence-corrected chi connectivity index (χ1v) is 7.53. The van der Waals surface area contributed by atoms with Crippen molar-refractivity contribution in [3.63, 3.8) is 0 Å². The molecule has 0 aliphatic heterocycles. The van der Waals surface area contributed by atoms with Gasteiger partial charge in [-0.15, -0.1) is 0 Å². The summed E-state index contributed by atoms with van der Waals surface area (Å²) < 4.78 is 5.11. The maximum absolute atomic E-state index is 11.9. The Kier molecular flexibility index (Phi) is 4.76. The number of hydrogen-bond acceptors (Lipinski definition) is 3. The second kappa shape index (κ2) is 7.32. The quantitative estimate of drug-likeness (QED) is 0.675. The van der Waals surface area contributed by atoms with Crippen LogP contribution in [0, 0.1) is 0 Å². The third kappa shape index (κ3) is 4.13. The van der Waals surface area contributed by atoms with E-state index < -0.39 is 6.03 Å². The van der Waals surface area contributed by atoms with Crippen LogP contribution < -0.4 is 16.0 Å². The number of carbonyl (C=O) groups is 2.